The standard InChI is InChI=1S/C18H24O3/c1-5-12-18(13(3)16(6-2)20-14(18)4)21-17(19)15-10-8-7-9-11-15/h5,7-11,13-14,16H,1,6,12H2,2-4H3/t13-,14?,16?,18-/m1/s1. The molecule has 3 heteroatoms. The van der Waals surface area contributed by atoms with E-state index in [1.54, 1.807) is 12.1 Å². The molecule has 1 aromatic rings. The van der Waals surface area contributed by atoms with Crippen molar-refractivity contribution < 1.29 is 14.3 Å². The molecule has 1 saturated heterocycles. The summed E-state index contributed by atoms with van der Waals surface area (Å²) in [5.74, 6) is -0.153. The highest BCUT2D eigenvalue weighted by Crippen LogP contribution is 2.43. The molecule has 21 heavy (non-hydrogen) atoms. The summed E-state index contributed by atoms with van der Waals surface area (Å²) in [4.78, 5) is 12.5. The van der Waals surface area contributed by atoms with E-state index in [2.05, 4.69) is 20.4 Å². The van der Waals surface area contributed by atoms with Crippen LogP contribution in [0.5, 0.6) is 0 Å². The Morgan fingerprint density at radius 1 is 1.38 bits per heavy atom. The van der Waals surface area contributed by atoms with Crippen LogP contribution in [0.25, 0.3) is 0 Å². The van der Waals surface area contributed by atoms with E-state index >= 15 is 0 Å². The summed E-state index contributed by atoms with van der Waals surface area (Å²) in [5, 5.41) is 0. The Morgan fingerprint density at radius 3 is 2.57 bits per heavy atom. The molecule has 1 heterocycles. The highest BCUT2D eigenvalue weighted by Gasteiger charge is 2.54. The lowest BCUT2D eigenvalue weighted by molar-refractivity contribution is -0.0653. The molecule has 4 atom stereocenters. The van der Waals surface area contributed by atoms with E-state index in [-0.39, 0.29) is 24.1 Å². The van der Waals surface area contributed by atoms with Gasteiger partial charge in [-0.1, -0.05) is 38.1 Å². The largest absolute Gasteiger partial charge is 0.452 e. The fraction of sp³-hybridized carbons (Fsp3) is 0.500. The molecule has 1 fully saturated rings. The smallest absolute Gasteiger partial charge is 0.338 e. The minimum absolute atomic E-state index is 0.114. The molecule has 0 radical (unpaired) electrons. The summed E-state index contributed by atoms with van der Waals surface area (Å²) in [6.07, 6.45) is 3.30. The fourth-order valence-electron chi connectivity index (χ4n) is 3.23. The van der Waals surface area contributed by atoms with Crippen LogP contribution in [0.4, 0.5) is 0 Å². The van der Waals surface area contributed by atoms with Gasteiger partial charge in [0, 0.05) is 12.3 Å². The third kappa shape index (κ3) is 2.88. The monoisotopic (exact) mass is 288 g/mol. The maximum absolute atomic E-state index is 12.5. The van der Waals surface area contributed by atoms with Crippen molar-refractivity contribution >= 4 is 5.97 Å². The first kappa shape index (κ1) is 15.8. The number of rotatable bonds is 5. The molecule has 114 valence electrons. The first-order valence-corrected chi connectivity index (χ1v) is 7.60. The van der Waals surface area contributed by atoms with Crippen LogP contribution in [-0.2, 0) is 9.47 Å². The van der Waals surface area contributed by atoms with E-state index in [0.717, 1.165) is 6.42 Å². The van der Waals surface area contributed by atoms with Gasteiger partial charge in [0.15, 0.2) is 0 Å². The molecule has 0 N–H and O–H groups in total. The summed E-state index contributed by atoms with van der Waals surface area (Å²) >= 11 is 0. The van der Waals surface area contributed by atoms with Crippen LogP contribution < -0.4 is 0 Å². The quantitative estimate of drug-likeness (QED) is 0.607. The van der Waals surface area contributed by atoms with Gasteiger partial charge < -0.3 is 9.47 Å². The van der Waals surface area contributed by atoms with E-state index in [0.29, 0.717) is 12.0 Å². The van der Waals surface area contributed by atoms with Crippen LogP contribution >= 0.6 is 0 Å². The summed E-state index contributed by atoms with van der Waals surface area (Å²) < 4.78 is 11.9. The lowest BCUT2D eigenvalue weighted by Crippen LogP contribution is -2.46. The second-order valence-corrected chi connectivity index (χ2v) is 5.72. The van der Waals surface area contributed by atoms with Gasteiger partial charge in [-0.2, -0.15) is 0 Å². The maximum atomic E-state index is 12.5. The first-order chi connectivity index (χ1) is 10.0. The van der Waals surface area contributed by atoms with Crippen molar-refractivity contribution in [2.24, 2.45) is 5.92 Å². The molecule has 2 rings (SSSR count). The minimum Gasteiger partial charge on any atom is -0.452 e. The van der Waals surface area contributed by atoms with Crippen molar-refractivity contribution in [2.75, 3.05) is 0 Å². The Balaban J connectivity index is 2.27. The number of hydrogen-bond acceptors (Lipinski definition) is 3. The van der Waals surface area contributed by atoms with Crippen molar-refractivity contribution in [1.29, 1.82) is 0 Å². The highest BCUT2D eigenvalue weighted by molar-refractivity contribution is 5.89. The molecule has 1 aromatic carbocycles. The molecule has 2 unspecified atom stereocenters. The zero-order valence-electron chi connectivity index (χ0n) is 13.0. The summed E-state index contributed by atoms with van der Waals surface area (Å²) in [5.41, 5.74) is -0.0599. The number of esters is 1. The van der Waals surface area contributed by atoms with Gasteiger partial charge in [0.2, 0.25) is 0 Å². The summed E-state index contributed by atoms with van der Waals surface area (Å²) in [7, 11) is 0. The first-order valence-electron chi connectivity index (χ1n) is 7.60. The summed E-state index contributed by atoms with van der Waals surface area (Å²) in [6.45, 7) is 9.99. The van der Waals surface area contributed by atoms with Gasteiger partial charge in [0.25, 0.3) is 0 Å². The molecule has 1 aliphatic rings. The minimum atomic E-state index is -0.630. The zero-order chi connectivity index (χ0) is 15.5. The average molecular weight is 288 g/mol. The van der Waals surface area contributed by atoms with Crippen LogP contribution in [-0.4, -0.2) is 23.8 Å². The SMILES string of the molecule is C=CC[C@]1(OC(=O)c2ccccc2)C(C)OC(CC)[C@H]1C. The van der Waals surface area contributed by atoms with Gasteiger partial charge in [-0.15, -0.1) is 6.58 Å². The summed E-state index contributed by atoms with van der Waals surface area (Å²) in [6, 6.07) is 9.10. The van der Waals surface area contributed by atoms with E-state index in [1.807, 2.05) is 31.2 Å². The Hall–Kier alpha value is -1.61. The molecule has 0 aliphatic carbocycles. The predicted octanol–water partition coefficient (Wildman–Crippen LogP) is 3.99. The zero-order valence-corrected chi connectivity index (χ0v) is 13.0. The van der Waals surface area contributed by atoms with E-state index in [1.165, 1.54) is 0 Å². The van der Waals surface area contributed by atoms with Gasteiger partial charge in [0.1, 0.15) is 5.60 Å². The molecular formula is C18H24O3. The Bertz CT molecular complexity index is 496. The van der Waals surface area contributed by atoms with Crippen molar-refractivity contribution in [3.63, 3.8) is 0 Å². The lowest BCUT2D eigenvalue weighted by Gasteiger charge is -2.35. The third-order valence-corrected chi connectivity index (χ3v) is 4.55. The lowest BCUT2D eigenvalue weighted by atomic mass is 9.80. The molecule has 3 nitrogen and oxygen atoms in total. The van der Waals surface area contributed by atoms with E-state index in [9.17, 15) is 4.79 Å². The van der Waals surface area contributed by atoms with E-state index < -0.39 is 5.60 Å². The van der Waals surface area contributed by atoms with Crippen LogP contribution in [0.1, 0.15) is 44.0 Å². The van der Waals surface area contributed by atoms with Gasteiger partial charge in [-0.05, 0) is 25.5 Å². The number of carbonyl (C=O) groups is 1. The molecular weight excluding hydrogens is 264 g/mol. The van der Waals surface area contributed by atoms with Crippen molar-refractivity contribution in [3.05, 3.63) is 48.6 Å². The molecule has 0 spiro atoms. The Morgan fingerprint density at radius 2 is 2.05 bits per heavy atom. The van der Waals surface area contributed by atoms with Gasteiger partial charge in [-0.25, -0.2) is 4.79 Å². The number of benzene rings is 1. The van der Waals surface area contributed by atoms with Gasteiger partial charge in [0.05, 0.1) is 17.8 Å². The second kappa shape index (κ2) is 6.44. The Kier molecular flexibility index (Phi) is 4.84. The van der Waals surface area contributed by atoms with Crippen molar-refractivity contribution in [2.45, 2.75) is 51.4 Å². The molecule has 1 aliphatic heterocycles. The normalized spacial score (nSPS) is 31.9. The van der Waals surface area contributed by atoms with Gasteiger partial charge >= 0.3 is 5.97 Å². The van der Waals surface area contributed by atoms with Crippen molar-refractivity contribution in [1.82, 2.24) is 0 Å². The maximum Gasteiger partial charge on any atom is 0.338 e. The van der Waals surface area contributed by atoms with Crippen LogP contribution in [0, 0.1) is 5.92 Å². The second-order valence-electron chi connectivity index (χ2n) is 5.72. The fourth-order valence-corrected chi connectivity index (χ4v) is 3.23. The van der Waals surface area contributed by atoms with Crippen LogP contribution in [0.3, 0.4) is 0 Å². The number of carbonyl (C=O) groups excluding carboxylic acids is 1. The average Bonchev–Trinajstić information content (AvgIpc) is 2.73. The van der Waals surface area contributed by atoms with Crippen molar-refractivity contribution in [3.8, 4) is 0 Å². The van der Waals surface area contributed by atoms with Crippen LogP contribution in [0.15, 0.2) is 43.0 Å². The third-order valence-electron chi connectivity index (χ3n) is 4.55. The topological polar surface area (TPSA) is 35.5 Å². The van der Waals surface area contributed by atoms with Crippen LogP contribution in [0.2, 0.25) is 0 Å². The number of ether oxygens (including phenoxy) is 2. The van der Waals surface area contributed by atoms with Gasteiger partial charge in [-0.3, -0.25) is 0 Å². The van der Waals surface area contributed by atoms with E-state index in [4.69, 9.17) is 9.47 Å². The number of hydrogen-bond donors (Lipinski definition) is 0. The predicted molar refractivity (Wildman–Crippen MR) is 83.2 cm³/mol. The molecule has 0 saturated carbocycles. The molecule has 0 bridgehead atoms. The molecule has 0 aromatic heterocycles. The molecule has 0 amide bonds. The Labute approximate surface area is 127 Å². The highest BCUT2D eigenvalue weighted by atomic mass is 16.6.